The van der Waals surface area contributed by atoms with Crippen molar-refractivity contribution in [2.24, 2.45) is 51.2 Å². The standard InChI is InChI=1S/C44H63NO6/c1-29(2)33-14-13-30(3)25-35(33)51-39(48)45(23-10-24-50-6)28-43(49)20-17-37-41(43,5)19-16-36-40(4)18-15-32(46)26-42(40)21-22-44(36,37)34(27-42)38(47)31-11-8-7-9-12-31/h7-9,11-12,21-22,27,29-30,32-33,35-37,46,49H,10,13-20,23-26,28H2,1-6H3/t30-,32?,33+,35-,36+,37+,40+,41-,42-,43+,44+/m0/s1. The third-order valence-corrected chi connectivity index (χ3v) is 15.7. The average Bonchev–Trinajstić information content (AvgIpc) is 3.37. The molecule has 7 nitrogen and oxygen atoms in total. The van der Waals surface area contributed by atoms with Crippen LogP contribution < -0.4 is 0 Å². The number of methoxy groups -OCH3 is 1. The first kappa shape index (κ1) is 36.9. The number of hydrogen-bond acceptors (Lipinski definition) is 6. The Balaban J connectivity index is 1.24. The van der Waals surface area contributed by atoms with Gasteiger partial charge in [0.05, 0.1) is 18.2 Å². The molecular weight excluding hydrogens is 638 g/mol. The van der Waals surface area contributed by atoms with Gasteiger partial charge in [0.15, 0.2) is 5.78 Å². The topological polar surface area (TPSA) is 96.3 Å². The summed E-state index contributed by atoms with van der Waals surface area (Å²) in [5, 5.41) is 24.1. The van der Waals surface area contributed by atoms with Crippen molar-refractivity contribution in [1.82, 2.24) is 4.90 Å². The van der Waals surface area contributed by atoms with Crippen molar-refractivity contribution in [3.63, 3.8) is 0 Å². The molecular formula is C44H63NO6. The second-order valence-corrected chi connectivity index (χ2v) is 18.5. The van der Waals surface area contributed by atoms with Crippen molar-refractivity contribution in [2.75, 3.05) is 26.8 Å². The van der Waals surface area contributed by atoms with Gasteiger partial charge in [-0.1, -0.05) is 89.6 Å². The summed E-state index contributed by atoms with van der Waals surface area (Å²) < 4.78 is 11.8. The highest BCUT2D eigenvalue weighted by Gasteiger charge is 2.74. The SMILES string of the molecule is COCCCN(C[C@]1(O)CC[C@H]2[C@]34C=C[C@@]5(C=C3C(=O)c3ccccc3)CC(O)CC[C@]5(C)[C@H]4CC[C@@]21C)C(=O)O[C@H]1C[C@@H](C)CC[C@@H]1C(C)C. The van der Waals surface area contributed by atoms with Crippen LogP contribution >= 0.6 is 0 Å². The number of nitrogens with zero attached hydrogens (tertiary/aromatic N) is 1. The minimum Gasteiger partial charge on any atom is -0.446 e. The lowest BCUT2D eigenvalue weighted by Gasteiger charge is -2.71. The molecule has 2 spiro atoms. The van der Waals surface area contributed by atoms with Crippen LogP contribution in [0, 0.1) is 51.2 Å². The predicted octanol–water partition coefficient (Wildman–Crippen LogP) is 8.40. The maximum absolute atomic E-state index is 14.7. The van der Waals surface area contributed by atoms with E-state index in [1.54, 1.807) is 12.0 Å². The van der Waals surface area contributed by atoms with Crippen molar-refractivity contribution < 1.29 is 29.3 Å². The van der Waals surface area contributed by atoms with Crippen molar-refractivity contribution in [1.29, 1.82) is 0 Å². The lowest BCUT2D eigenvalue weighted by atomic mass is 9.32. The fourth-order valence-corrected chi connectivity index (χ4v) is 12.7. The van der Waals surface area contributed by atoms with Gasteiger partial charge in [-0.3, -0.25) is 4.79 Å². The van der Waals surface area contributed by atoms with Crippen molar-refractivity contribution in [3.8, 4) is 0 Å². The minimum atomic E-state index is -1.15. The fraction of sp³-hybridized carbons (Fsp3) is 0.727. The van der Waals surface area contributed by atoms with Crippen LogP contribution in [-0.2, 0) is 9.47 Å². The number of amides is 1. The summed E-state index contributed by atoms with van der Waals surface area (Å²) >= 11 is 0. The lowest BCUT2D eigenvalue weighted by Crippen LogP contribution is -2.67. The van der Waals surface area contributed by atoms with Gasteiger partial charge in [0.2, 0.25) is 0 Å². The van der Waals surface area contributed by atoms with Gasteiger partial charge < -0.3 is 24.6 Å². The molecule has 2 N–H and O–H groups in total. The second kappa shape index (κ2) is 13.4. The molecule has 0 radical (unpaired) electrons. The van der Waals surface area contributed by atoms with E-state index in [2.05, 4.69) is 52.8 Å². The predicted molar refractivity (Wildman–Crippen MR) is 199 cm³/mol. The van der Waals surface area contributed by atoms with Crippen LogP contribution in [0.15, 0.2) is 54.1 Å². The van der Waals surface area contributed by atoms with Gasteiger partial charge in [-0.25, -0.2) is 4.79 Å². The van der Waals surface area contributed by atoms with E-state index in [0.717, 1.165) is 56.9 Å². The van der Waals surface area contributed by atoms with E-state index < -0.39 is 16.4 Å². The number of rotatable bonds is 10. The first-order valence-corrected chi connectivity index (χ1v) is 20.1. The third kappa shape index (κ3) is 5.69. The number of benzene rings is 1. The fourth-order valence-electron chi connectivity index (χ4n) is 12.7. The molecule has 4 saturated carbocycles. The van der Waals surface area contributed by atoms with Crippen LogP contribution in [0.2, 0.25) is 0 Å². The first-order valence-electron chi connectivity index (χ1n) is 20.1. The van der Waals surface area contributed by atoms with Crippen LogP contribution in [-0.4, -0.2) is 71.6 Å². The quantitative estimate of drug-likeness (QED) is 0.145. The van der Waals surface area contributed by atoms with Crippen LogP contribution in [0.3, 0.4) is 0 Å². The van der Waals surface area contributed by atoms with E-state index in [1.165, 1.54) is 0 Å². The molecule has 11 atom stereocenters. The van der Waals surface area contributed by atoms with Gasteiger partial charge in [0, 0.05) is 47.6 Å². The second-order valence-electron chi connectivity index (χ2n) is 18.5. The highest BCUT2D eigenvalue weighted by atomic mass is 16.6. The molecule has 0 saturated heterocycles. The molecule has 0 aliphatic heterocycles. The van der Waals surface area contributed by atoms with Gasteiger partial charge in [-0.15, -0.1) is 0 Å². The number of aliphatic hydroxyl groups is 2. The van der Waals surface area contributed by atoms with Crippen LogP contribution in [0.5, 0.6) is 0 Å². The maximum Gasteiger partial charge on any atom is 0.410 e. The average molecular weight is 702 g/mol. The number of aliphatic hydroxyl groups excluding tert-OH is 1. The number of fused-ring (bicyclic) bond motifs is 1. The van der Waals surface area contributed by atoms with Crippen LogP contribution in [0.1, 0.15) is 116 Å². The third-order valence-electron chi connectivity index (χ3n) is 15.7. The highest BCUT2D eigenvalue weighted by Crippen LogP contribution is 2.78. The lowest BCUT2D eigenvalue weighted by molar-refractivity contribution is -0.175. The number of allylic oxidation sites excluding steroid dienone is 4. The summed E-state index contributed by atoms with van der Waals surface area (Å²) in [6.07, 6.45) is 15.3. The maximum atomic E-state index is 14.7. The monoisotopic (exact) mass is 701 g/mol. The molecule has 7 heteroatoms. The molecule has 1 unspecified atom stereocenters. The van der Waals surface area contributed by atoms with E-state index in [9.17, 15) is 19.8 Å². The molecule has 4 fully saturated rings. The Morgan fingerprint density at radius 1 is 0.961 bits per heavy atom. The Bertz CT molecular complexity index is 1540. The van der Waals surface area contributed by atoms with E-state index in [-0.39, 0.29) is 53.3 Å². The molecule has 7 aliphatic carbocycles. The first-order chi connectivity index (χ1) is 24.2. The zero-order valence-electron chi connectivity index (χ0n) is 32.0. The highest BCUT2D eigenvalue weighted by molar-refractivity contribution is 6.10. The van der Waals surface area contributed by atoms with Crippen LogP contribution in [0.4, 0.5) is 4.79 Å². The molecule has 1 aromatic carbocycles. The van der Waals surface area contributed by atoms with Gasteiger partial charge in [-0.05, 0) is 99.2 Å². The molecule has 1 aromatic rings. The number of hydrogen-bond donors (Lipinski definition) is 2. The number of Topliss-reactive ketones (excluding diaryl/α,β-unsaturated/α-hetero) is 1. The van der Waals surface area contributed by atoms with E-state index in [4.69, 9.17) is 9.47 Å². The minimum absolute atomic E-state index is 0.0206. The van der Waals surface area contributed by atoms with Crippen LogP contribution in [0.25, 0.3) is 0 Å². The van der Waals surface area contributed by atoms with Crippen molar-refractivity contribution in [2.45, 2.75) is 123 Å². The van der Waals surface area contributed by atoms with Crippen molar-refractivity contribution in [3.05, 3.63) is 59.7 Å². The number of ether oxygens (including phenoxy) is 2. The van der Waals surface area contributed by atoms with E-state index >= 15 is 0 Å². The summed E-state index contributed by atoms with van der Waals surface area (Å²) in [5.41, 5.74) is -1.13. The Kier molecular flexibility index (Phi) is 9.70. The van der Waals surface area contributed by atoms with E-state index in [0.29, 0.717) is 55.7 Å². The molecule has 7 aliphatic rings. The molecule has 0 aromatic heterocycles. The molecule has 51 heavy (non-hydrogen) atoms. The smallest absolute Gasteiger partial charge is 0.410 e. The van der Waals surface area contributed by atoms with Gasteiger partial charge in [0.25, 0.3) is 0 Å². The number of ketones is 1. The summed E-state index contributed by atoms with van der Waals surface area (Å²) in [5.74, 6) is 1.59. The molecule has 1 amide bonds. The summed E-state index contributed by atoms with van der Waals surface area (Å²) in [6.45, 7) is 12.6. The largest absolute Gasteiger partial charge is 0.446 e. The molecule has 0 heterocycles. The Labute approximate surface area is 306 Å². The van der Waals surface area contributed by atoms with Gasteiger partial charge >= 0.3 is 6.09 Å². The van der Waals surface area contributed by atoms with E-state index in [1.807, 2.05) is 30.3 Å². The van der Waals surface area contributed by atoms with Crippen molar-refractivity contribution >= 4 is 11.9 Å². The van der Waals surface area contributed by atoms with Gasteiger partial charge in [0.1, 0.15) is 6.10 Å². The summed E-state index contributed by atoms with van der Waals surface area (Å²) in [4.78, 5) is 30.7. The molecule has 2 bridgehead atoms. The van der Waals surface area contributed by atoms with Gasteiger partial charge in [-0.2, -0.15) is 0 Å². The normalized spacial score (nSPS) is 42.5. The zero-order valence-corrected chi connectivity index (χ0v) is 32.0. The number of carbonyl (C=O) groups is 2. The summed E-state index contributed by atoms with van der Waals surface area (Å²) in [6, 6.07) is 9.64. The summed E-state index contributed by atoms with van der Waals surface area (Å²) in [7, 11) is 1.68. The zero-order chi connectivity index (χ0) is 36.4. The molecule has 8 rings (SSSR count). The Morgan fingerprint density at radius 2 is 1.67 bits per heavy atom. The Morgan fingerprint density at radius 3 is 2.39 bits per heavy atom. The number of carbonyl (C=O) groups excluding carboxylic acids is 2. The Hall–Kier alpha value is -2.48. The molecule has 280 valence electrons.